The molecule has 0 spiro atoms. The summed E-state index contributed by atoms with van der Waals surface area (Å²) >= 11 is 0. The van der Waals surface area contributed by atoms with Crippen LogP contribution in [0.3, 0.4) is 0 Å². The number of benzene rings is 1. The van der Waals surface area contributed by atoms with Gasteiger partial charge in [0.2, 0.25) is 0 Å². The molecule has 100 valence electrons. The molecule has 1 aliphatic rings. The van der Waals surface area contributed by atoms with E-state index in [1.54, 1.807) is 0 Å². The Morgan fingerprint density at radius 3 is 2.78 bits per heavy atom. The van der Waals surface area contributed by atoms with Gasteiger partial charge in [-0.05, 0) is 38.7 Å². The van der Waals surface area contributed by atoms with Crippen molar-refractivity contribution in [2.45, 2.75) is 39.7 Å². The molecule has 2 N–H and O–H groups in total. The third kappa shape index (κ3) is 3.31. The second-order valence-electron chi connectivity index (χ2n) is 5.62. The molecule has 0 amide bonds. The number of hydrogen-bond acceptors (Lipinski definition) is 3. The monoisotopic (exact) mass is 248 g/mol. The first-order valence-electron chi connectivity index (χ1n) is 6.87. The van der Waals surface area contributed by atoms with Crippen molar-refractivity contribution in [2.75, 3.05) is 23.7 Å². The van der Waals surface area contributed by atoms with Crippen LogP contribution in [0.2, 0.25) is 0 Å². The number of hydrogen-bond donors (Lipinski definition) is 1. The topological polar surface area (TPSA) is 38.5 Å². The number of piperidine rings is 1. The van der Waals surface area contributed by atoms with Gasteiger partial charge >= 0.3 is 0 Å². The lowest BCUT2D eigenvalue weighted by molar-refractivity contribution is 0.242. The van der Waals surface area contributed by atoms with Crippen LogP contribution in [-0.2, 0) is 0 Å². The van der Waals surface area contributed by atoms with Crippen LogP contribution in [0.25, 0.3) is 0 Å². The maximum absolute atomic E-state index is 5.97. The Balaban J connectivity index is 2.18. The van der Waals surface area contributed by atoms with Crippen molar-refractivity contribution in [3.63, 3.8) is 0 Å². The molecule has 3 heteroatoms. The number of nitrogen functional groups attached to an aromatic ring is 1. The van der Waals surface area contributed by atoms with Gasteiger partial charge in [-0.2, -0.15) is 0 Å². The molecule has 2 rings (SSSR count). The summed E-state index contributed by atoms with van der Waals surface area (Å²) in [4.78, 5) is 2.41. The number of anilines is 2. The molecule has 1 fully saturated rings. The average molecular weight is 248 g/mol. The molecule has 1 atom stereocenters. The van der Waals surface area contributed by atoms with Crippen molar-refractivity contribution < 1.29 is 4.74 Å². The Morgan fingerprint density at radius 1 is 1.33 bits per heavy atom. The molecular weight excluding hydrogens is 224 g/mol. The Bertz CT molecular complexity index is 403. The molecule has 1 heterocycles. The molecule has 3 nitrogen and oxygen atoms in total. The minimum atomic E-state index is 0.180. The van der Waals surface area contributed by atoms with Crippen LogP contribution >= 0.6 is 0 Å². The van der Waals surface area contributed by atoms with Crippen LogP contribution in [-0.4, -0.2) is 19.2 Å². The zero-order valence-electron chi connectivity index (χ0n) is 11.6. The number of nitrogens with zero attached hydrogens (tertiary/aromatic N) is 1. The largest absolute Gasteiger partial charge is 0.491 e. The van der Waals surface area contributed by atoms with Crippen molar-refractivity contribution in [1.29, 1.82) is 0 Å². The van der Waals surface area contributed by atoms with Crippen LogP contribution in [0.5, 0.6) is 5.75 Å². The first-order valence-corrected chi connectivity index (χ1v) is 6.87. The molecule has 1 unspecified atom stereocenters. The highest BCUT2D eigenvalue weighted by molar-refractivity contribution is 5.60. The predicted octanol–water partition coefficient (Wildman–Crippen LogP) is 3.29. The molecule has 0 aromatic heterocycles. The van der Waals surface area contributed by atoms with Gasteiger partial charge < -0.3 is 15.4 Å². The summed E-state index contributed by atoms with van der Waals surface area (Å²) < 4.78 is 5.75. The van der Waals surface area contributed by atoms with E-state index >= 15 is 0 Å². The average Bonchev–Trinajstić information content (AvgIpc) is 2.27. The molecular formula is C15H24N2O. The van der Waals surface area contributed by atoms with Crippen LogP contribution in [0.15, 0.2) is 18.2 Å². The van der Waals surface area contributed by atoms with E-state index in [-0.39, 0.29) is 6.10 Å². The van der Waals surface area contributed by atoms with Gasteiger partial charge in [0.1, 0.15) is 5.75 Å². The van der Waals surface area contributed by atoms with Gasteiger partial charge in [0.15, 0.2) is 0 Å². The molecule has 1 aromatic carbocycles. The van der Waals surface area contributed by atoms with Gasteiger partial charge in [-0.25, -0.2) is 0 Å². The lowest BCUT2D eigenvalue weighted by Gasteiger charge is -2.33. The van der Waals surface area contributed by atoms with Crippen molar-refractivity contribution >= 4 is 11.4 Å². The molecule has 0 aliphatic carbocycles. The fourth-order valence-corrected chi connectivity index (χ4v) is 2.55. The first kappa shape index (κ1) is 13.1. The molecule has 18 heavy (non-hydrogen) atoms. The van der Waals surface area contributed by atoms with Gasteiger partial charge in [0.25, 0.3) is 0 Å². The lowest BCUT2D eigenvalue weighted by atomic mass is 9.99. The standard InChI is InChI=1S/C15H24N2O/c1-11(2)18-15-8-13(16)7-14(9-15)17-6-4-5-12(3)10-17/h7-9,11-12H,4-6,10,16H2,1-3H3. The summed E-state index contributed by atoms with van der Waals surface area (Å²) in [5.74, 6) is 1.63. The summed E-state index contributed by atoms with van der Waals surface area (Å²) in [7, 11) is 0. The molecule has 1 aromatic rings. The SMILES string of the molecule is CC1CCCN(c2cc(N)cc(OC(C)C)c2)C1. The smallest absolute Gasteiger partial charge is 0.123 e. The molecule has 0 saturated carbocycles. The van der Waals surface area contributed by atoms with Crippen LogP contribution in [0.1, 0.15) is 33.6 Å². The molecule has 0 bridgehead atoms. The number of nitrogens with two attached hydrogens (primary N) is 1. The first-order chi connectivity index (χ1) is 8.54. The van der Waals surface area contributed by atoms with E-state index in [1.165, 1.54) is 18.5 Å². The van der Waals surface area contributed by atoms with E-state index in [1.807, 2.05) is 26.0 Å². The Morgan fingerprint density at radius 2 is 2.11 bits per heavy atom. The number of rotatable bonds is 3. The second-order valence-corrected chi connectivity index (χ2v) is 5.62. The zero-order chi connectivity index (χ0) is 13.1. The van der Waals surface area contributed by atoms with E-state index in [9.17, 15) is 0 Å². The summed E-state index contributed by atoms with van der Waals surface area (Å²) in [6, 6.07) is 6.05. The van der Waals surface area contributed by atoms with Crippen LogP contribution in [0, 0.1) is 5.92 Å². The van der Waals surface area contributed by atoms with Crippen molar-refractivity contribution in [3.8, 4) is 5.75 Å². The highest BCUT2D eigenvalue weighted by atomic mass is 16.5. The minimum absolute atomic E-state index is 0.180. The third-order valence-electron chi connectivity index (χ3n) is 3.31. The van der Waals surface area contributed by atoms with Gasteiger partial charge in [0, 0.05) is 36.6 Å². The molecule has 0 radical (unpaired) electrons. The molecule has 1 aliphatic heterocycles. The maximum atomic E-state index is 5.97. The molecule has 1 saturated heterocycles. The third-order valence-corrected chi connectivity index (χ3v) is 3.31. The van der Waals surface area contributed by atoms with Gasteiger partial charge in [0.05, 0.1) is 6.10 Å². The Kier molecular flexibility index (Phi) is 4.00. The van der Waals surface area contributed by atoms with Crippen molar-refractivity contribution in [3.05, 3.63) is 18.2 Å². The van der Waals surface area contributed by atoms with Gasteiger partial charge in [-0.15, -0.1) is 0 Å². The lowest BCUT2D eigenvalue weighted by Crippen LogP contribution is -2.34. The van der Waals surface area contributed by atoms with E-state index in [4.69, 9.17) is 10.5 Å². The van der Waals surface area contributed by atoms with E-state index in [0.717, 1.165) is 30.4 Å². The minimum Gasteiger partial charge on any atom is -0.491 e. The fourth-order valence-electron chi connectivity index (χ4n) is 2.55. The fraction of sp³-hybridized carbons (Fsp3) is 0.600. The van der Waals surface area contributed by atoms with Crippen molar-refractivity contribution in [1.82, 2.24) is 0 Å². The van der Waals surface area contributed by atoms with E-state index in [2.05, 4.69) is 17.9 Å². The van der Waals surface area contributed by atoms with Gasteiger partial charge in [-0.1, -0.05) is 6.92 Å². The van der Waals surface area contributed by atoms with E-state index in [0.29, 0.717) is 0 Å². The highest BCUT2D eigenvalue weighted by Gasteiger charge is 2.17. The quantitative estimate of drug-likeness (QED) is 0.834. The van der Waals surface area contributed by atoms with E-state index < -0.39 is 0 Å². The summed E-state index contributed by atoms with van der Waals surface area (Å²) in [6.07, 6.45) is 2.77. The predicted molar refractivity (Wildman–Crippen MR) is 77.2 cm³/mol. The van der Waals surface area contributed by atoms with Gasteiger partial charge in [-0.3, -0.25) is 0 Å². The normalized spacial score (nSPS) is 20.2. The Hall–Kier alpha value is -1.38. The van der Waals surface area contributed by atoms with Crippen LogP contribution < -0.4 is 15.4 Å². The Labute approximate surface area is 110 Å². The van der Waals surface area contributed by atoms with Crippen LogP contribution in [0.4, 0.5) is 11.4 Å². The highest BCUT2D eigenvalue weighted by Crippen LogP contribution is 2.29. The number of ether oxygens (including phenoxy) is 1. The summed E-state index contributed by atoms with van der Waals surface area (Å²) in [5, 5.41) is 0. The summed E-state index contributed by atoms with van der Waals surface area (Å²) in [5.41, 5.74) is 7.94. The van der Waals surface area contributed by atoms with Crippen molar-refractivity contribution in [2.24, 2.45) is 5.92 Å². The zero-order valence-corrected chi connectivity index (χ0v) is 11.6. The summed E-state index contributed by atoms with van der Waals surface area (Å²) in [6.45, 7) is 8.61. The second kappa shape index (κ2) is 5.51. The maximum Gasteiger partial charge on any atom is 0.123 e.